The van der Waals surface area contributed by atoms with Crippen molar-refractivity contribution in [3.05, 3.63) is 50.2 Å². The van der Waals surface area contributed by atoms with Gasteiger partial charge in [-0.15, -0.1) is 0 Å². The number of esters is 1. The molecule has 0 spiro atoms. The third-order valence-corrected chi connectivity index (χ3v) is 4.08. The van der Waals surface area contributed by atoms with Gasteiger partial charge in [-0.2, -0.15) is 0 Å². The molecule has 0 saturated heterocycles. The van der Waals surface area contributed by atoms with Gasteiger partial charge in [0, 0.05) is 6.21 Å². The average Bonchev–Trinajstić information content (AvgIpc) is 2.95. The molecule has 0 bridgehead atoms. The van der Waals surface area contributed by atoms with Gasteiger partial charge in [0.15, 0.2) is 0 Å². The van der Waals surface area contributed by atoms with Crippen molar-refractivity contribution in [2.24, 2.45) is 4.99 Å². The summed E-state index contributed by atoms with van der Waals surface area (Å²) in [6, 6.07) is 4.92. The first kappa shape index (κ1) is 16.6. The molecule has 9 nitrogen and oxygen atoms in total. The number of benzene rings is 1. The second kappa shape index (κ2) is 6.69. The number of nitrogens with zero attached hydrogens (tertiary/aromatic N) is 2. The van der Waals surface area contributed by atoms with Crippen LogP contribution in [0.3, 0.4) is 0 Å². The van der Waals surface area contributed by atoms with Crippen LogP contribution in [0.1, 0.15) is 22.8 Å². The number of fused-ring (bicyclic) bond motifs is 1. The smallest absolute Gasteiger partial charge is 0.338 e. The number of nitrogens with one attached hydrogen (secondary N) is 2. The van der Waals surface area contributed by atoms with Gasteiger partial charge in [-0.3, -0.25) is 14.8 Å². The summed E-state index contributed by atoms with van der Waals surface area (Å²) in [4.78, 5) is 46.8. The van der Waals surface area contributed by atoms with E-state index in [1.54, 1.807) is 25.1 Å². The van der Waals surface area contributed by atoms with Crippen molar-refractivity contribution in [2.45, 2.75) is 6.92 Å². The van der Waals surface area contributed by atoms with Crippen LogP contribution in [-0.4, -0.2) is 38.8 Å². The highest BCUT2D eigenvalue weighted by atomic mass is 32.1. The Morgan fingerprint density at radius 1 is 1.40 bits per heavy atom. The number of thiazole rings is 1. The molecule has 0 aliphatic rings. The molecule has 128 valence electrons. The largest absolute Gasteiger partial charge is 0.494 e. The van der Waals surface area contributed by atoms with Crippen LogP contribution in [0.4, 0.5) is 5.13 Å². The lowest BCUT2D eigenvalue weighted by atomic mass is 10.2. The Labute approximate surface area is 143 Å². The van der Waals surface area contributed by atoms with Crippen molar-refractivity contribution in [1.29, 1.82) is 0 Å². The molecule has 0 radical (unpaired) electrons. The van der Waals surface area contributed by atoms with Gasteiger partial charge in [0.25, 0.3) is 5.56 Å². The fraction of sp³-hybridized carbons (Fsp3) is 0.133. The van der Waals surface area contributed by atoms with E-state index < -0.39 is 23.1 Å². The number of carbonyl (C=O) groups excluding carboxylic acids is 1. The molecule has 1 aromatic carbocycles. The highest BCUT2D eigenvalue weighted by Crippen LogP contribution is 2.29. The number of aromatic nitrogens is 3. The minimum absolute atomic E-state index is 0.189. The third kappa shape index (κ3) is 3.48. The predicted octanol–water partition coefficient (Wildman–Crippen LogP) is 1.31. The van der Waals surface area contributed by atoms with Crippen LogP contribution in [0.15, 0.2) is 32.8 Å². The van der Waals surface area contributed by atoms with Crippen molar-refractivity contribution < 1.29 is 14.6 Å². The maximum Gasteiger partial charge on any atom is 0.338 e. The molecule has 3 aromatic rings. The van der Waals surface area contributed by atoms with Crippen LogP contribution in [0.2, 0.25) is 0 Å². The van der Waals surface area contributed by atoms with Gasteiger partial charge < -0.3 is 9.84 Å². The number of H-pyrrole nitrogens is 2. The molecule has 0 saturated carbocycles. The molecule has 0 aliphatic heterocycles. The molecule has 25 heavy (non-hydrogen) atoms. The van der Waals surface area contributed by atoms with Crippen molar-refractivity contribution in [3.8, 4) is 5.88 Å². The molecular formula is C15H12N4O5S. The summed E-state index contributed by atoms with van der Waals surface area (Å²) in [7, 11) is 0. The lowest BCUT2D eigenvalue weighted by Gasteiger charge is -2.00. The van der Waals surface area contributed by atoms with Crippen molar-refractivity contribution in [1.82, 2.24) is 15.0 Å². The first-order chi connectivity index (χ1) is 12.0. The van der Waals surface area contributed by atoms with Gasteiger partial charge in [-0.1, -0.05) is 11.3 Å². The zero-order chi connectivity index (χ0) is 18.0. The van der Waals surface area contributed by atoms with Crippen LogP contribution in [0.25, 0.3) is 10.2 Å². The SMILES string of the molecule is CCOC(=O)c1ccc2nc(/N=C/c3c(O)[nH]c(=O)[nH]c3=O)sc2c1. The van der Waals surface area contributed by atoms with E-state index in [9.17, 15) is 19.5 Å². The van der Waals surface area contributed by atoms with Crippen LogP contribution in [0.5, 0.6) is 5.88 Å². The zero-order valence-corrected chi connectivity index (χ0v) is 13.7. The Morgan fingerprint density at radius 3 is 2.92 bits per heavy atom. The molecule has 0 aliphatic carbocycles. The van der Waals surface area contributed by atoms with Gasteiger partial charge in [-0.05, 0) is 25.1 Å². The van der Waals surface area contributed by atoms with Crippen LogP contribution < -0.4 is 11.2 Å². The van der Waals surface area contributed by atoms with Crippen molar-refractivity contribution in [2.75, 3.05) is 6.61 Å². The molecule has 3 rings (SSSR count). The number of hydrogen-bond acceptors (Lipinski definition) is 8. The average molecular weight is 360 g/mol. The lowest BCUT2D eigenvalue weighted by molar-refractivity contribution is 0.0526. The van der Waals surface area contributed by atoms with Gasteiger partial charge in [0.05, 0.1) is 22.4 Å². The predicted molar refractivity (Wildman–Crippen MR) is 92.2 cm³/mol. The van der Waals surface area contributed by atoms with Crippen molar-refractivity contribution >= 4 is 38.9 Å². The summed E-state index contributed by atoms with van der Waals surface area (Å²) in [6.07, 6.45) is 1.11. The summed E-state index contributed by atoms with van der Waals surface area (Å²) >= 11 is 1.20. The molecule has 3 N–H and O–H groups in total. The molecule has 0 fully saturated rings. The molecule has 0 amide bonds. The topological polar surface area (TPSA) is 137 Å². The van der Waals surface area contributed by atoms with Gasteiger partial charge in [0.2, 0.25) is 11.0 Å². The van der Waals surface area contributed by atoms with E-state index in [1.807, 2.05) is 4.98 Å². The zero-order valence-electron chi connectivity index (χ0n) is 12.9. The minimum atomic E-state index is -0.814. The highest BCUT2D eigenvalue weighted by molar-refractivity contribution is 7.22. The van der Waals surface area contributed by atoms with E-state index >= 15 is 0 Å². The fourth-order valence-corrected chi connectivity index (χ4v) is 2.88. The molecule has 2 heterocycles. The first-order valence-electron chi connectivity index (χ1n) is 7.15. The number of aromatic amines is 2. The second-order valence-electron chi connectivity index (χ2n) is 4.83. The Balaban J connectivity index is 1.94. The first-order valence-corrected chi connectivity index (χ1v) is 7.97. The molecule has 0 atom stereocenters. The third-order valence-electron chi connectivity index (χ3n) is 3.15. The van der Waals surface area contributed by atoms with Crippen molar-refractivity contribution in [3.63, 3.8) is 0 Å². The van der Waals surface area contributed by atoms with E-state index in [2.05, 4.69) is 15.0 Å². The lowest BCUT2D eigenvalue weighted by Crippen LogP contribution is -2.24. The second-order valence-corrected chi connectivity index (χ2v) is 5.84. The summed E-state index contributed by atoms with van der Waals surface area (Å²) in [5, 5.41) is 9.92. The standard InChI is InChI=1S/C15H12N4O5S/c1-2-24-13(22)7-3-4-9-10(5-7)25-15(17-9)16-6-8-11(20)18-14(23)19-12(8)21/h3-6H,2H2,1H3,(H3,18,19,20,21,23)/b16-6+. The number of ether oxygens (including phenoxy) is 1. The highest BCUT2D eigenvalue weighted by Gasteiger charge is 2.10. The number of hydrogen-bond donors (Lipinski definition) is 3. The molecule has 2 aromatic heterocycles. The van der Waals surface area contributed by atoms with E-state index in [0.717, 1.165) is 10.9 Å². The van der Waals surface area contributed by atoms with E-state index in [1.165, 1.54) is 11.3 Å². The Bertz CT molecular complexity index is 1100. The van der Waals surface area contributed by atoms with Gasteiger partial charge >= 0.3 is 11.7 Å². The minimum Gasteiger partial charge on any atom is -0.494 e. The molecule has 0 unspecified atom stereocenters. The Morgan fingerprint density at radius 2 is 2.20 bits per heavy atom. The van der Waals surface area contributed by atoms with Crippen LogP contribution in [-0.2, 0) is 4.74 Å². The fourth-order valence-electron chi connectivity index (χ4n) is 2.03. The number of aliphatic imine (C=N–C) groups is 1. The maximum atomic E-state index is 11.7. The Hall–Kier alpha value is -3.27. The number of rotatable bonds is 4. The summed E-state index contributed by atoms with van der Waals surface area (Å²) in [6.45, 7) is 2.01. The monoisotopic (exact) mass is 360 g/mol. The maximum absolute atomic E-state index is 11.7. The van der Waals surface area contributed by atoms with Gasteiger partial charge in [0.1, 0.15) is 5.56 Å². The normalized spacial score (nSPS) is 11.2. The Kier molecular flexibility index (Phi) is 4.44. The molecule has 10 heteroatoms. The van der Waals surface area contributed by atoms with E-state index in [-0.39, 0.29) is 12.2 Å². The van der Waals surface area contributed by atoms with Gasteiger partial charge in [-0.25, -0.2) is 19.6 Å². The van der Waals surface area contributed by atoms with E-state index in [4.69, 9.17) is 4.74 Å². The van der Waals surface area contributed by atoms with Crippen LogP contribution >= 0.6 is 11.3 Å². The molecular weight excluding hydrogens is 348 g/mol. The number of aromatic hydroxyl groups is 1. The summed E-state index contributed by atoms with van der Waals surface area (Å²) in [5.74, 6) is -1.00. The number of carbonyl (C=O) groups is 1. The van der Waals surface area contributed by atoms with Crippen LogP contribution in [0, 0.1) is 0 Å². The van der Waals surface area contributed by atoms with E-state index in [0.29, 0.717) is 16.2 Å². The summed E-state index contributed by atoms with van der Waals surface area (Å²) in [5.41, 5.74) is -0.735. The quantitative estimate of drug-likeness (QED) is 0.474. The summed E-state index contributed by atoms with van der Waals surface area (Å²) < 4.78 is 5.67.